The zero-order valence-corrected chi connectivity index (χ0v) is 12.3. The summed E-state index contributed by atoms with van der Waals surface area (Å²) in [6.07, 6.45) is 0.579. The first-order valence-electron chi connectivity index (χ1n) is 7.51. The maximum atomic E-state index is 11.9. The van der Waals surface area contributed by atoms with Crippen LogP contribution in [0.5, 0.6) is 11.5 Å². The van der Waals surface area contributed by atoms with Crippen LogP contribution < -0.4 is 4.74 Å². The van der Waals surface area contributed by atoms with E-state index in [2.05, 4.69) is 0 Å². The molecule has 0 radical (unpaired) electrons. The lowest BCUT2D eigenvalue weighted by Gasteiger charge is -2.29. The van der Waals surface area contributed by atoms with Crippen LogP contribution in [-0.4, -0.2) is 28.6 Å². The number of aliphatic hydroxyl groups excluding tert-OH is 1. The molecule has 1 fully saturated rings. The topological polar surface area (TPSA) is 49.8 Å². The SMILES string of the molecule is O=C1C(O)CCCN1Cc1ccc(Oc2ccccc2)cc1. The summed E-state index contributed by atoms with van der Waals surface area (Å²) in [5.41, 5.74) is 1.03. The summed E-state index contributed by atoms with van der Waals surface area (Å²) in [7, 11) is 0. The molecule has 0 bridgehead atoms. The van der Waals surface area contributed by atoms with Crippen LogP contribution in [0, 0.1) is 0 Å². The lowest BCUT2D eigenvalue weighted by atomic mass is 10.1. The van der Waals surface area contributed by atoms with E-state index in [1.54, 1.807) is 4.90 Å². The molecule has 1 heterocycles. The maximum absolute atomic E-state index is 11.9. The van der Waals surface area contributed by atoms with E-state index in [4.69, 9.17) is 4.74 Å². The highest BCUT2D eigenvalue weighted by Crippen LogP contribution is 2.22. The van der Waals surface area contributed by atoms with Crippen molar-refractivity contribution in [1.29, 1.82) is 0 Å². The summed E-state index contributed by atoms with van der Waals surface area (Å²) >= 11 is 0. The lowest BCUT2D eigenvalue weighted by Crippen LogP contribution is -2.43. The molecule has 0 saturated carbocycles. The monoisotopic (exact) mass is 297 g/mol. The van der Waals surface area contributed by atoms with Crippen molar-refractivity contribution in [3.05, 3.63) is 60.2 Å². The fourth-order valence-electron chi connectivity index (χ4n) is 2.58. The standard InChI is InChI=1S/C18H19NO3/c20-17-7-4-12-19(18(17)21)13-14-8-10-16(11-9-14)22-15-5-2-1-3-6-15/h1-3,5-6,8-11,17,20H,4,7,12-13H2. The molecule has 1 atom stereocenters. The molecular weight excluding hydrogens is 278 g/mol. The summed E-state index contributed by atoms with van der Waals surface area (Å²) in [6, 6.07) is 17.3. The molecule has 2 aromatic rings. The first-order valence-corrected chi connectivity index (χ1v) is 7.51. The normalized spacial score (nSPS) is 18.3. The number of rotatable bonds is 4. The number of aliphatic hydroxyl groups is 1. The van der Waals surface area contributed by atoms with Gasteiger partial charge in [-0.2, -0.15) is 0 Å². The predicted octanol–water partition coefficient (Wildman–Crippen LogP) is 2.96. The van der Waals surface area contributed by atoms with Gasteiger partial charge in [0, 0.05) is 13.1 Å². The van der Waals surface area contributed by atoms with Crippen molar-refractivity contribution >= 4 is 5.91 Å². The number of likely N-dealkylation sites (tertiary alicyclic amines) is 1. The van der Waals surface area contributed by atoms with Crippen molar-refractivity contribution in [2.45, 2.75) is 25.5 Å². The van der Waals surface area contributed by atoms with Crippen LogP contribution in [0.3, 0.4) is 0 Å². The van der Waals surface area contributed by atoms with Crippen molar-refractivity contribution in [1.82, 2.24) is 4.90 Å². The summed E-state index contributed by atoms with van der Waals surface area (Å²) in [6.45, 7) is 1.24. The van der Waals surface area contributed by atoms with Gasteiger partial charge in [0.25, 0.3) is 5.91 Å². The fourth-order valence-corrected chi connectivity index (χ4v) is 2.58. The number of piperidine rings is 1. The summed E-state index contributed by atoms with van der Waals surface area (Å²) in [5.74, 6) is 1.39. The van der Waals surface area contributed by atoms with Gasteiger partial charge >= 0.3 is 0 Å². The molecule has 3 rings (SSSR count). The minimum atomic E-state index is -0.838. The molecule has 0 aliphatic carbocycles. The average Bonchev–Trinajstić information content (AvgIpc) is 2.55. The van der Waals surface area contributed by atoms with Gasteiger partial charge in [0.2, 0.25) is 0 Å². The Morgan fingerprint density at radius 1 is 1.05 bits per heavy atom. The highest BCUT2D eigenvalue weighted by molar-refractivity contribution is 5.81. The van der Waals surface area contributed by atoms with Gasteiger partial charge in [0.15, 0.2) is 0 Å². The number of ether oxygens (including phenoxy) is 1. The predicted molar refractivity (Wildman–Crippen MR) is 83.6 cm³/mol. The molecule has 4 nitrogen and oxygen atoms in total. The van der Waals surface area contributed by atoms with E-state index in [1.807, 2.05) is 54.6 Å². The third-order valence-corrected chi connectivity index (χ3v) is 3.78. The molecule has 0 aromatic heterocycles. The van der Waals surface area contributed by atoms with Crippen molar-refractivity contribution < 1.29 is 14.6 Å². The molecule has 1 unspecified atom stereocenters. The van der Waals surface area contributed by atoms with Gasteiger partial charge in [0.05, 0.1) is 0 Å². The van der Waals surface area contributed by atoms with Gasteiger partial charge in [-0.1, -0.05) is 30.3 Å². The quantitative estimate of drug-likeness (QED) is 0.944. The van der Waals surface area contributed by atoms with E-state index in [0.717, 1.165) is 23.5 Å². The molecule has 1 saturated heterocycles. The van der Waals surface area contributed by atoms with Crippen LogP contribution in [0.4, 0.5) is 0 Å². The minimum absolute atomic E-state index is 0.170. The second-order valence-electron chi connectivity index (χ2n) is 5.48. The summed E-state index contributed by atoms with van der Waals surface area (Å²) in [4.78, 5) is 13.6. The van der Waals surface area contributed by atoms with E-state index in [0.29, 0.717) is 19.5 Å². The molecule has 1 aliphatic heterocycles. The van der Waals surface area contributed by atoms with Crippen LogP contribution in [0.2, 0.25) is 0 Å². The second kappa shape index (κ2) is 6.62. The van der Waals surface area contributed by atoms with Crippen LogP contribution in [-0.2, 0) is 11.3 Å². The molecule has 2 aromatic carbocycles. The molecular formula is C18H19NO3. The first kappa shape index (κ1) is 14.6. The number of hydrogen-bond acceptors (Lipinski definition) is 3. The van der Waals surface area contributed by atoms with Gasteiger partial charge < -0.3 is 14.7 Å². The maximum Gasteiger partial charge on any atom is 0.251 e. The van der Waals surface area contributed by atoms with Crippen LogP contribution in [0.15, 0.2) is 54.6 Å². The number of nitrogens with zero attached hydrogens (tertiary/aromatic N) is 1. The average molecular weight is 297 g/mol. The van der Waals surface area contributed by atoms with Crippen LogP contribution in [0.1, 0.15) is 18.4 Å². The highest BCUT2D eigenvalue weighted by atomic mass is 16.5. The van der Waals surface area contributed by atoms with E-state index in [-0.39, 0.29) is 5.91 Å². The molecule has 114 valence electrons. The van der Waals surface area contributed by atoms with Gasteiger partial charge in [-0.3, -0.25) is 4.79 Å². The minimum Gasteiger partial charge on any atom is -0.457 e. The number of carbonyl (C=O) groups is 1. The van der Waals surface area contributed by atoms with E-state index in [9.17, 15) is 9.90 Å². The second-order valence-corrected chi connectivity index (χ2v) is 5.48. The fraction of sp³-hybridized carbons (Fsp3) is 0.278. The van der Waals surface area contributed by atoms with E-state index in [1.165, 1.54) is 0 Å². The molecule has 1 amide bonds. The van der Waals surface area contributed by atoms with E-state index >= 15 is 0 Å². The Bertz CT molecular complexity index is 625. The van der Waals surface area contributed by atoms with E-state index < -0.39 is 6.10 Å². The third-order valence-electron chi connectivity index (χ3n) is 3.78. The van der Waals surface area contributed by atoms with Gasteiger partial charge in [-0.15, -0.1) is 0 Å². The smallest absolute Gasteiger partial charge is 0.251 e. The highest BCUT2D eigenvalue weighted by Gasteiger charge is 2.26. The number of carbonyl (C=O) groups excluding carboxylic acids is 1. The molecule has 1 aliphatic rings. The lowest BCUT2D eigenvalue weighted by molar-refractivity contribution is -0.144. The summed E-state index contributed by atoms with van der Waals surface area (Å²) in [5, 5.41) is 9.62. The Kier molecular flexibility index (Phi) is 4.39. The Morgan fingerprint density at radius 3 is 2.45 bits per heavy atom. The van der Waals surface area contributed by atoms with Gasteiger partial charge in [-0.05, 0) is 42.7 Å². The summed E-state index contributed by atoms with van der Waals surface area (Å²) < 4.78 is 5.74. The zero-order valence-electron chi connectivity index (χ0n) is 12.3. The largest absolute Gasteiger partial charge is 0.457 e. The molecule has 4 heteroatoms. The van der Waals surface area contributed by atoms with Crippen LogP contribution in [0.25, 0.3) is 0 Å². The number of amides is 1. The number of para-hydroxylation sites is 1. The Morgan fingerprint density at radius 2 is 1.73 bits per heavy atom. The van der Waals surface area contributed by atoms with Gasteiger partial charge in [-0.25, -0.2) is 0 Å². The molecule has 0 spiro atoms. The van der Waals surface area contributed by atoms with Crippen molar-refractivity contribution in [3.63, 3.8) is 0 Å². The molecule has 22 heavy (non-hydrogen) atoms. The Balaban J connectivity index is 1.63. The molecule has 1 N–H and O–H groups in total. The van der Waals surface area contributed by atoms with Gasteiger partial charge in [0.1, 0.15) is 17.6 Å². The van der Waals surface area contributed by atoms with Crippen LogP contribution >= 0.6 is 0 Å². The Labute approximate surface area is 130 Å². The zero-order chi connectivity index (χ0) is 15.4. The number of benzene rings is 2. The third kappa shape index (κ3) is 3.46. The van der Waals surface area contributed by atoms with Crippen molar-refractivity contribution in [2.24, 2.45) is 0 Å². The number of hydrogen-bond donors (Lipinski definition) is 1. The van der Waals surface area contributed by atoms with Crippen molar-refractivity contribution in [3.8, 4) is 11.5 Å². The van der Waals surface area contributed by atoms with Crippen molar-refractivity contribution in [2.75, 3.05) is 6.54 Å². The first-order chi connectivity index (χ1) is 10.7. The Hall–Kier alpha value is -2.33.